The normalized spacial score (nSPS) is 14.4. The number of thiocarbonyl (C=S) groups is 2. The maximum absolute atomic E-state index is 11.2. The van der Waals surface area contributed by atoms with Crippen LogP contribution in [0.3, 0.4) is 0 Å². The molecule has 0 radical (unpaired) electrons. The van der Waals surface area contributed by atoms with Gasteiger partial charge in [0, 0.05) is 32.6 Å². The molecular formula is C26H55Cl4N2NaO3S4. The molecule has 0 spiro atoms. The first kappa shape index (κ1) is 60.8. The Morgan fingerprint density at radius 1 is 0.900 bits per heavy atom. The molecule has 0 aromatic heterocycles. The molecule has 1 N–H and O–H groups in total. The number of carbonyl (C=O) groups excluding carboxylic acids is 1. The Hall–Kier alpha value is 1.65. The van der Waals surface area contributed by atoms with Gasteiger partial charge in [-0.2, -0.15) is 0 Å². The van der Waals surface area contributed by atoms with E-state index in [4.69, 9.17) is 71.9 Å². The average Bonchev–Trinajstić information content (AvgIpc) is 2.80. The van der Waals surface area contributed by atoms with Crippen LogP contribution >= 0.6 is 83.4 Å². The van der Waals surface area contributed by atoms with E-state index >= 15 is 0 Å². The number of carbonyl (C=O) groups is 2. The van der Waals surface area contributed by atoms with Gasteiger partial charge in [0.2, 0.25) is 0 Å². The number of ketones is 1. The number of hydrogen-bond donors (Lipinski definition) is 1. The van der Waals surface area contributed by atoms with Crippen LogP contribution in [0.15, 0.2) is 0 Å². The maximum atomic E-state index is 11.2. The van der Waals surface area contributed by atoms with Gasteiger partial charge in [-0.1, -0.05) is 107 Å². The van der Waals surface area contributed by atoms with Crippen molar-refractivity contribution in [1.82, 2.24) is 9.80 Å². The summed E-state index contributed by atoms with van der Waals surface area (Å²) in [7, 11) is 0. The first-order valence-electron chi connectivity index (χ1n) is 11.4. The number of aliphatic carboxylic acids is 1. The van der Waals surface area contributed by atoms with Gasteiger partial charge in [0.1, 0.15) is 14.9 Å². The van der Waals surface area contributed by atoms with Crippen molar-refractivity contribution < 1.29 is 44.3 Å². The predicted octanol–water partition coefficient (Wildman–Crippen LogP) is 6.99. The minimum Gasteiger partial charge on any atom is -0.480 e. The molecule has 2 saturated heterocycles. The number of halogens is 4. The van der Waals surface area contributed by atoms with Crippen molar-refractivity contribution in [3.8, 4) is 0 Å². The molecule has 240 valence electrons. The summed E-state index contributed by atoms with van der Waals surface area (Å²) in [5.74, 6) is -0.524. The van der Waals surface area contributed by atoms with Crippen LogP contribution in [0.4, 0.5) is 0 Å². The minimum atomic E-state index is -0.783. The fourth-order valence-corrected chi connectivity index (χ4v) is 4.71. The Bertz CT molecular complexity index is 628. The monoisotopic (exact) mass is 734 g/mol. The number of Topliss-reactive ketones (excluding diaryl/α,β-unsaturated/α-hetero) is 1. The van der Waals surface area contributed by atoms with E-state index in [0.29, 0.717) is 17.2 Å². The molecule has 2 aliphatic heterocycles. The maximum Gasteiger partial charge on any atom is 1.00 e. The minimum absolute atomic E-state index is 0. The van der Waals surface area contributed by atoms with Gasteiger partial charge in [-0.15, -0.1) is 12.4 Å². The van der Waals surface area contributed by atoms with Gasteiger partial charge in [-0.25, -0.2) is 0 Å². The van der Waals surface area contributed by atoms with E-state index in [0.717, 1.165) is 43.3 Å². The van der Waals surface area contributed by atoms with Crippen LogP contribution < -0.4 is 29.6 Å². The molecule has 2 heterocycles. The molecule has 2 aliphatic rings. The van der Waals surface area contributed by atoms with Crippen molar-refractivity contribution >= 4 is 116 Å². The van der Waals surface area contributed by atoms with Gasteiger partial charge < -0.3 is 44.5 Å². The van der Waals surface area contributed by atoms with Crippen molar-refractivity contribution in [2.24, 2.45) is 0 Å². The predicted molar refractivity (Wildman–Crippen MR) is 194 cm³/mol. The van der Waals surface area contributed by atoms with Crippen LogP contribution in [-0.2, 0) is 22.2 Å². The summed E-state index contributed by atoms with van der Waals surface area (Å²) in [6.07, 6.45) is 8.70. The summed E-state index contributed by atoms with van der Waals surface area (Å²) in [6.45, 7) is 11.2. The van der Waals surface area contributed by atoms with Gasteiger partial charge >= 0.3 is 35.5 Å². The Morgan fingerprint density at radius 3 is 1.40 bits per heavy atom. The third-order valence-corrected chi connectivity index (χ3v) is 7.54. The standard InChI is InChI=1S/C11H19NO2S2.C6H11NS2.C4H8O.CHCl3.4CH4.ClH.Na/c1-3-11(2,9(13)14)16-10(15)12-7-5-4-6-8-12;8-6(9)7-4-2-1-3-5-7;1-3-4(2)5;2-1(3)4;;;;;;/h3-8H2,1-2H3,(H,13,14);1-5H2,(H,8,9);3H2,1-2H3;1H;4*1H4;1H;/q;;;;;;;;;+1/p-1. The van der Waals surface area contributed by atoms with Crippen LogP contribution in [0.5, 0.6) is 0 Å². The fraction of sp³-hybridized carbons (Fsp3) is 0.846. The average molecular weight is 737 g/mol. The van der Waals surface area contributed by atoms with Crippen LogP contribution in [0.2, 0.25) is 0 Å². The quantitative estimate of drug-likeness (QED) is 0.143. The Morgan fingerprint density at radius 2 is 1.20 bits per heavy atom. The summed E-state index contributed by atoms with van der Waals surface area (Å²) in [4.78, 5) is 25.2. The number of carboxylic acid groups (broad SMARTS) is 1. The summed E-state index contributed by atoms with van der Waals surface area (Å²) in [5, 5.41) is 9.18. The molecule has 0 bridgehead atoms. The first-order valence-corrected chi connectivity index (χ1v) is 14.7. The molecule has 40 heavy (non-hydrogen) atoms. The third kappa shape index (κ3) is 34.1. The van der Waals surface area contributed by atoms with Gasteiger partial charge in [0.05, 0.1) is 0 Å². The molecule has 1 unspecified atom stereocenters. The number of hydrogen-bond acceptors (Lipinski definition) is 6. The summed E-state index contributed by atoms with van der Waals surface area (Å²) < 4.78 is -0.143. The van der Waals surface area contributed by atoms with E-state index in [2.05, 4.69) is 9.80 Å². The van der Waals surface area contributed by atoms with Crippen LogP contribution in [0, 0.1) is 0 Å². The molecule has 2 rings (SSSR count). The topological polar surface area (TPSA) is 60.9 Å². The first-order chi connectivity index (χ1) is 15.8. The Balaban J connectivity index is -0.0000000616. The van der Waals surface area contributed by atoms with Gasteiger partial charge in [0.15, 0.2) is 4.30 Å². The molecule has 5 nitrogen and oxygen atoms in total. The molecule has 1 atom stereocenters. The molecule has 0 aromatic rings. The fourth-order valence-electron chi connectivity index (χ4n) is 2.68. The van der Waals surface area contributed by atoms with Crippen LogP contribution in [0.1, 0.15) is 109 Å². The van der Waals surface area contributed by atoms with E-state index in [1.54, 1.807) is 13.8 Å². The van der Waals surface area contributed by atoms with E-state index in [-0.39, 0.29) is 77.5 Å². The largest absolute Gasteiger partial charge is 1.00 e. The molecule has 0 aromatic carbocycles. The Labute approximate surface area is 311 Å². The number of thioether (sulfide) groups is 1. The van der Waals surface area contributed by atoms with Crippen molar-refractivity contribution in [3.05, 3.63) is 0 Å². The summed E-state index contributed by atoms with van der Waals surface area (Å²) >= 11 is 30.8. The zero-order valence-corrected chi connectivity index (χ0v) is 30.2. The number of piperidine rings is 2. The Kier molecular flexibility index (Phi) is 56.0. The molecular weight excluding hydrogens is 681 g/mol. The molecule has 0 amide bonds. The van der Waals surface area contributed by atoms with Gasteiger partial charge in [0.25, 0.3) is 0 Å². The van der Waals surface area contributed by atoms with Crippen LogP contribution in [-0.4, -0.2) is 70.5 Å². The second-order valence-electron chi connectivity index (χ2n) is 7.92. The number of likely N-dealkylation sites (tertiary alicyclic amines) is 2. The number of nitrogens with zero attached hydrogens (tertiary/aromatic N) is 2. The second kappa shape index (κ2) is 36.8. The van der Waals surface area contributed by atoms with E-state index in [1.807, 2.05) is 13.8 Å². The number of rotatable bonds is 4. The van der Waals surface area contributed by atoms with E-state index < -0.39 is 15.0 Å². The zero-order valence-electron chi connectivity index (χ0n) is 21.9. The van der Waals surface area contributed by atoms with Gasteiger partial charge in [-0.05, 0) is 58.8 Å². The SMILES string of the molecule is C.C.C.C.CCC(C)(SC(=S)N1CCCCC1)C(=O)O.CCC(C)=O.Cl.ClC(Cl)Cl.S=C([S-])N1CCCCC1.[Na+]. The van der Waals surface area contributed by atoms with E-state index in [1.165, 1.54) is 37.4 Å². The van der Waals surface area contributed by atoms with Crippen molar-refractivity contribution in [3.63, 3.8) is 0 Å². The van der Waals surface area contributed by atoms with Crippen molar-refractivity contribution in [2.45, 2.75) is 118 Å². The number of carboxylic acids is 1. The number of alkyl halides is 3. The zero-order chi connectivity index (χ0) is 26.7. The second-order valence-corrected chi connectivity index (χ2v) is 13.1. The van der Waals surface area contributed by atoms with Crippen molar-refractivity contribution in [1.29, 1.82) is 0 Å². The molecule has 0 aliphatic carbocycles. The van der Waals surface area contributed by atoms with Crippen molar-refractivity contribution in [2.75, 3.05) is 26.2 Å². The molecule has 0 saturated carbocycles. The van der Waals surface area contributed by atoms with Gasteiger partial charge in [-0.3, -0.25) is 4.79 Å². The summed E-state index contributed by atoms with van der Waals surface area (Å²) in [5.41, 5.74) is 0. The summed E-state index contributed by atoms with van der Waals surface area (Å²) in [6, 6.07) is 0. The molecule has 14 heteroatoms. The molecule has 2 fully saturated rings. The smallest absolute Gasteiger partial charge is 0.480 e. The van der Waals surface area contributed by atoms with Crippen LogP contribution in [0.25, 0.3) is 0 Å². The van der Waals surface area contributed by atoms with E-state index in [9.17, 15) is 14.7 Å². The third-order valence-electron chi connectivity index (χ3n) is 5.17.